The number of amides is 1. The largest absolute Gasteiger partial charge is 0.497 e. The lowest BCUT2D eigenvalue weighted by atomic mass is 10.2. The number of ether oxygens (including phenoxy) is 1. The first kappa shape index (κ1) is 22.1. The van der Waals surface area contributed by atoms with Crippen LogP contribution in [0.15, 0.2) is 59.5 Å². The van der Waals surface area contributed by atoms with Gasteiger partial charge in [0.25, 0.3) is 5.91 Å². The van der Waals surface area contributed by atoms with Crippen molar-refractivity contribution in [2.75, 3.05) is 7.11 Å². The Bertz CT molecular complexity index is 1240. The van der Waals surface area contributed by atoms with Gasteiger partial charge in [0.2, 0.25) is 10.0 Å². The van der Waals surface area contributed by atoms with Gasteiger partial charge in [-0.3, -0.25) is 4.79 Å². The molecule has 0 bridgehead atoms. The summed E-state index contributed by atoms with van der Waals surface area (Å²) in [4.78, 5) is 13.1. The van der Waals surface area contributed by atoms with E-state index in [4.69, 9.17) is 4.74 Å². The Balaban J connectivity index is 1.45. The second-order valence-corrected chi connectivity index (χ2v) is 9.76. The van der Waals surface area contributed by atoms with E-state index >= 15 is 0 Å². The summed E-state index contributed by atoms with van der Waals surface area (Å²) in [6.45, 7) is 4.17. The topological polar surface area (TPSA) is 89.4 Å². The lowest BCUT2D eigenvalue weighted by molar-refractivity contribution is 0.0950. The Morgan fingerprint density at radius 2 is 1.81 bits per heavy atom. The van der Waals surface area contributed by atoms with E-state index in [1.807, 2.05) is 48.7 Å². The van der Waals surface area contributed by atoms with E-state index in [1.165, 1.54) is 0 Å². The van der Waals surface area contributed by atoms with Gasteiger partial charge in [0, 0.05) is 35.7 Å². The quantitative estimate of drug-likeness (QED) is 0.547. The van der Waals surface area contributed by atoms with Gasteiger partial charge in [-0.25, -0.2) is 13.1 Å². The average Bonchev–Trinajstić information content (AvgIpc) is 3.53. The van der Waals surface area contributed by atoms with E-state index in [1.54, 1.807) is 31.4 Å². The highest BCUT2D eigenvalue weighted by Crippen LogP contribution is 2.24. The van der Waals surface area contributed by atoms with E-state index in [0.717, 1.165) is 41.2 Å². The number of benzene rings is 2. The van der Waals surface area contributed by atoms with Crippen LogP contribution in [0.4, 0.5) is 0 Å². The van der Waals surface area contributed by atoms with E-state index in [2.05, 4.69) is 10.0 Å². The summed E-state index contributed by atoms with van der Waals surface area (Å²) in [5.74, 6) is 0.568. The van der Waals surface area contributed by atoms with Gasteiger partial charge in [-0.2, -0.15) is 0 Å². The molecule has 8 heteroatoms. The van der Waals surface area contributed by atoms with Gasteiger partial charge in [0.05, 0.1) is 17.6 Å². The van der Waals surface area contributed by atoms with Gasteiger partial charge in [-0.1, -0.05) is 18.2 Å². The molecule has 32 heavy (non-hydrogen) atoms. The van der Waals surface area contributed by atoms with Crippen LogP contribution in [0.3, 0.4) is 0 Å². The second kappa shape index (κ2) is 8.80. The number of hydrogen-bond donors (Lipinski definition) is 2. The summed E-state index contributed by atoms with van der Waals surface area (Å²) in [7, 11) is -1.85. The molecule has 1 aliphatic rings. The Kier molecular flexibility index (Phi) is 6.08. The zero-order valence-electron chi connectivity index (χ0n) is 18.4. The van der Waals surface area contributed by atoms with Gasteiger partial charge in [0.15, 0.2) is 0 Å². The van der Waals surface area contributed by atoms with Crippen molar-refractivity contribution < 1.29 is 17.9 Å². The average molecular weight is 454 g/mol. The number of carbonyl (C=O) groups excluding carboxylic acids is 1. The van der Waals surface area contributed by atoms with Crippen LogP contribution in [-0.2, 0) is 16.6 Å². The fourth-order valence-electron chi connectivity index (χ4n) is 3.69. The number of nitrogens with zero attached hydrogens (tertiary/aromatic N) is 1. The van der Waals surface area contributed by atoms with Gasteiger partial charge in [0.1, 0.15) is 5.75 Å². The number of aryl methyl sites for hydroxylation is 1. The standard InChI is InChI=1S/C24H27N3O4S/c1-16-13-23(17(2)27(16)20-5-4-6-21(14-20)31-3)24(28)25-15-18-7-11-22(12-8-18)32(29,30)26-19-9-10-19/h4-8,11-14,19,26H,9-10,15H2,1-3H3,(H,25,28). The summed E-state index contributed by atoms with van der Waals surface area (Å²) in [5.41, 5.74) is 4.12. The highest BCUT2D eigenvalue weighted by molar-refractivity contribution is 7.89. The van der Waals surface area contributed by atoms with E-state index in [-0.39, 0.29) is 16.8 Å². The minimum absolute atomic E-state index is 0.0648. The fraction of sp³-hybridized carbons (Fsp3) is 0.292. The van der Waals surface area contributed by atoms with Crippen molar-refractivity contribution in [2.24, 2.45) is 0 Å². The number of carbonyl (C=O) groups is 1. The lowest BCUT2D eigenvalue weighted by Gasteiger charge is -2.11. The maximum Gasteiger partial charge on any atom is 0.253 e. The van der Waals surface area contributed by atoms with Crippen LogP contribution in [0.2, 0.25) is 0 Å². The molecule has 3 aromatic rings. The van der Waals surface area contributed by atoms with Crippen LogP contribution in [0.5, 0.6) is 5.75 Å². The van der Waals surface area contributed by atoms with E-state index in [0.29, 0.717) is 12.1 Å². The molecule has 0 saturated heterocycles. The molecule has 1 fully saturated rings. The van der Waals surface area contributed by atoms with Crippen molar-refractivity contribution in [1.29, 1.82) is 0 Å². The molecule has 168 valence electrons. The predicted octanol–water partition coefficient (Wildman–Crippen LogP) is 3.47. The maximum atomic E-state index is 12.9. The summed E-state index contributed by atoms with van der Waals surface area (Å²) in [5, 5.41) is 2.93. The normalized spacial score (nSPS) is 13.7. The molecule has 0 atom stereocenters. The van der Waals surface area contributed by atoms with Crippen molar-refractivity contribution in [3.63, 3.8) is 0 Å². The summed E-state index contributed by atoms with van der Waals surface area (Å²) < 4.78 is 34.6. The third-order valence-corrected chi connectivity index (χ3v) is 7.11. The first-order chi connectivity index (χ1) is 15.3. The molecule has 1 amide bonds. The Morgan fingerprint density at radius 1 is 1.09 bits per heavy atom. The van der Waals surface area contributed by atoms with Crippen LogP contribution in [0.1, 0.15) is 40.2 Å². The van der Waals surface area contributed by atoms with E-state index < -0.39 is 10.0 Å². The molecule has 0 spiro atoms. The molecule has 0 unspecified atom stereocenters. The zero-order valence-corrected chi connectivity index (χ0v) is 19.2. The Morgan fingerprint density at radius 3 is 2.47 bits per heavy atom. The molecule has 0 radical (unpaired) electrons. The van der Waals surface area contributed by atoms with Crippen molar-refractivity contribution >= 4 is 15.9 Å². The first-order valence-corrected chi connectivity index (χ1v) is 12.0. The third-order valence-electron chi connectivity index (χ3n) is 5.57. The summed E-state index contributed by atoms with van der Waals surface area (Å²) in [6.07, 6.45) is 1.78. The number of methoxy groups -OCH3 is 1. The Hall–Kier alpha value is -3.10. The fourth-order valence-corrected chi connectivity index (χ4v) is 5.00. The van der Waals surface area contributed by atoms with Crippen LogP contribution in [0.25, 0.3) is 5.69 Å². The third kappa shape index (κ3) is 4.71. The van der Waals surface area contributed by atoms with Gasteiger partial charge in [-0.15, -0.1) is 0 Å². The van der Waals surface area contributed by atoms with Gasteiger partial charge in [-0.05, 0) is 62.6 Å². The number of nitrogens with one attached hydrogen (secondary N) is 2. The summed E-state index contributed by atoms with van der Waals surface area (Å²) in [6, 6.07) is 16.2. The molecule has 1 aromatic heterocycles. The SMILES string of the molecule is COc1cccc(-n2c(C)cc(C(=O)NCc3ccc(S(=O)(=O)NC4CC4)cc3)c2C)c1. The monoisotopic (exact) mass is 453 g/mol. The Labute approximate surface area is 188 Å². The van der Waals surface area contributed by atoms with Crippen LogP contribution in [0, 0.1) is 13.8 Å². The predicted molar refractivity (Wildman–Crippen MR) is 123 cm³/mol. The lowest BCUT2D eigenvalue weighted by Crippen LogP contribution is -2.26. The van der Waals surface area contributed by atoms with Crippen LogP contribution in [-0.4, -0.2) is 32.0 Å². The van der Waals surface area contributed by atoms with Crippen molar-refractivity contribution in [3.8, 4) is 11.4 Å². The molecule has 1 saturated carbocycles. The molecule has 0 aliphatic heterocycles. The molecule has 7 nitrogen and oxygen atoms in total. The molecular weight excluding hydrogens is 426 g/mol. The van der Waals surface area contributed by atoms with Gasteiger partial charge < -0.3 is 14.6 Å². The highest BCUT2D eigenvalue weighted by atomic mass is 32.2. The number of rotatable bonds is 8. The first-order valence-electron chi connectivity index (χ1n) is 10.5. The minimum Gasteiger partial charge on any atom is -0.497 e. The number of sulfonamides is 1. The molecule has 1 aliphatic carbocycles. The molecule has 4 rings (SSSR count). The van der Waals surface area contributed by atoms with E-state index in [9.17, 15) is 13.2 Å². The summed E-state index contributed by atoms with van der Waals surface area (Å²) >= 11 is 0. The highest BCUT2D eigenvalue weighted by Gasteiger charge is 2.27. The zero-order chi connectivity index (χ0) is 22.9. The molecule has 2 aromatic carbocycles. The number of aromatic nitrogens is 1. The van der Waals surface area contributed by atoms with Crippen molar-refractivity contribution in [2.45, 2.75) is 44.2 Å². The minimum atomic E-state index is -3.48. The molecular formula is C24H27N3O4S. The van der Waals surface area contributed by atoms with Crippen LogP contribution >= 0.6 is 0 Å². The van der Waals surface area contributed by atoms with Crippen molar-refractivity contribution in [3.05, 3.63) is 77.1 Å². The number of hydrogen-bond acceptors (Lipinski definition) is 4. The molecule has 1 heterocycles. The second-order valence-electron chi connectivity index (χ2n) is 8.04. The molecule has 2 N–H and O–H groups in total. The van der Waals surface area contributed by atoms with Gasteiger partial charge >= 0.3 is 0 Å². The smallest absolute Gasteiger partial charge is 0.253 e. The maximum absolute atomic E-state index is 12.9. The van der Waals surface area contributed by atoms with Crippen molar-refractivity contribution in [1.82, 2.24) is 14.6 Å². The van der Waals surface area contributed by atoms with Crippen LogP contribution < -0.4 is 14.8 Å².